The van der Waals surface area contributed by atoms with Gasteiger partial charge in [-0.1, -0.05) is 19.4 Å². The van der Waals surface area contributed by atoms with Crippen molar-refractivity contribution in [3.63, 3.8) is 0 Å². The maximum Gasteiger partial charge on any atom is 0.0958 e. The van der Waals surface area contributed by atoms with Crippen LogP contribution in [0.4, 0.5) is 0 Å². The molecule has 2 rings (SSSR count). The molecule has 1 N–H and O–H groups in total. The van der Waals surface area contributed by atoms with Gasteiger partial charge < -0.3 is 9.84 Å². The van der Waals surface area contributed by atoms with E-state index < -0.39 is 5.60 Å². The Morgan fingerprint density at radius 2 is 2.35 bits per heavy atom. The maximum atomic E-state index is 10.7. The van der Waals surface area contributed by atoms with Crippen molar-refractivity contribution in [1.82, 2.24) is 4.98 Å². The van der Waals surface area contributed by atoms with E-state index in [0.717, 1.165) is 24.1 Å². The van der Waals surface area contributed by atoms with Gasteiger partial charge in [0, 0.05) is 30.3 Å². The minimum Gasteiger partial charge on any atom is -0.385 e. The van der Waals surface area contributed by atoms with Gasteiger partial charge in [-0.05, 0) is 19.4 Å². The van der Waals surface area contributed by atoms with Crippen LogP contribution in [0.25, 0.3) is 0 Å². The van der Waals surface area contributed by atoms with Gasteiger partial charge in [-0.15, -0.1) is 0 Å². The molecule has 1 aliphatic heterocycles. The first-order chi connectivity index (χ1) is 8.14. The van der Waals surface area contributed by atoms with Crippen molar-refractivity contribution in [1.29, 1.82) is 0 Å². The fraction of sp³-hybridized carbons (Fsp3) is 0.643. The van der Waals surface area contributed by atoms with E-state index in [1.165, 1.54) is 0 Å². The van der Waals surface area contributed by atoms with Crippen LogP contribution < -0.4 is 0 Å². The Labute approximate surface area is 103 Å². The lowest BCUT2D eigenvalue weighted by Crippen LogP contribution is -2.38. The zero-order valence-electron chi connectivity index (χ0n) is 10.6. The Morgan fingerprint density at radius 1 is 1.53 bits per heavy atom. The van der Waals surface area contributed by atoms with E-state index in [1.807, 2.05) is 19.1 Å². The number of aromatic nitrogens is 1. The molecule has 1 aromatic rings. The molecule has 2 unspecified atom stereocenters. The summed E-state index contributed by atoms with van der Waals surface area (Å²) in [4.78, 5) is 4.27. The number of rotatable bonds is 3. The lowest BCUT2D eigenvalue weighted by atomic mass is 9.83. The predicted molar refractivity (Wildman–Crippen MR) is 66.8 cm³/mol. The van der Waals surface area contributed by atoms with Crippen LogP contribution >= 0.6 is 0 Å². The first-order valence-corrected chi connectivity index (χ1v) is 6.41. The van der Waals surface area contributed by atoms with Gasteiger partial charge in [0.1, 0.15) is 0 Å². The van der Waals surface area contributed by atoms with Crippen LogP contribution in [0, 0.1) is 6.92 Å². The second-order valence-electron chi connectivity index (χ2n) is 4.96. The molecule has 0 spiro atoms. The Bertz CT molecular complexity index is 361. The molecule has 1 saturated heterocycles. The Balaban J connectivity index is 2.14. The summed E-state index contributed by atoms with van der Waals surface area (Å²) in [6.45, 7) is 4.73. The lowest BCUT2D eigenvalue weighted by Gasteiger charge is -2.37. The van der Waals surface area contributed by atoms with Crippen LogP contribution in [-0.4, -0.2) is 22.8 Å². The number of aryl methyl sites for hydroxylation is 1. The third kappa shape index (κ3) is 2.85. The van der Waals surface area contributed by atoms with Crippen LogP contribution in [0.2, 0.25) is 0 Å². The molecule has 0 bridgehead atoms. The molecule has 1 fully saturated rings. The second-order valence-corrected chi connectivity index (χ2v) is 4.96. The molecule has 0 aromatic carbocycles. The largest absolute Gasteiger partial charge is 0.385 e. The van der Waals surface area contributed by atoms with Gasteiger partial charge in [-0.2, -0.15) is 0 Å². The Hall–Kier alpha value is -0.930. The highest BCUT2D eigenvalue weighted by Gasteiger charge is 2.36. The number of nitrogens with zero attached hydrogens (tertiary/aromatic N) is 1. The Kier molecular flexibility index (Phi) is 3.79. The molecule has 1 aromatic heterocycles. The summed E-state index contributed by atoms with van der Waals surface area (Å²) in [6.07, 6.45) is 5.43. The zero-order chi connectivity index (χ0) is 12.3. The number of hydrogen-bond acceptors (Lipinski definition) is 3. The van der Waals surface area contributed by atoms with Crippen LogP contribution in [-0.2, 0) is 10.3 Å². The average Bonchev–Trinajstić information content (AvgIpc) is 2.30. The maximum absolute atomic E-state index is 10.7. The summed E-state index contributed by atoms with van der Waals surface area (Å²) in [5.74, 6) is 0. The van der Waals surface area contributed by atoms with E-state index in [-0.39, 0.29) is 6.10 Å². The van der Waals surface area contributed by atoms with Crippen LogP contribution in [0.1, 0.15) is 43.9 Å². The van der Waals surface area contributed by atoms with Crippen molar-refractivity contribution >= 4 is 0 Å². The highest BCUT2D eigenvalue weighted by Crippen LogP contribution is 2.35. The Morgan fingerprint density at radius 3 is 3.00 bits per heavy atom. The quantitative estimate of drug-likeness (QED) is 0.875. The molecule has 0 saturated carbocycles. The molecule has 94 valence electrons. The molecular formula is C14H21NO2. The average molecular weight is 235 g/mol. The molecular weight excluding hydrogens is 214 g/mol. The first kappa shape index (κ1) is 12.5. The normalized spacial score (nSPS) is 29.2. The van der Waals surface area contributed by atoms with Crippen LogP contribution in [0.5, 0.6) is 0 Å². The third-order valence-corrected chi connectivity index (χ3v) is 3.49. The summed E-state index contributed by atoms with van der Waals surface area (Å²) < 4.78 is 5.68. The van der Waals surface area contributed by atoms with E-state index in [2.05, 4.69) is 11.9 Å². The summed E-state index contributed by atoms with van der Waals surface area (Å²) in [5.41, 5.74) is 1.15. The second kappa shape index (κ2) is 5.15. The van der Waals surface area contributed by atoms with Crippen molar-refractivity contribution in [3.8, 4) is 0 Å². The molecule has 1 aliphatic rings. The van der Waals surface area contributed by atoms with Crippen molar-refractivity contribution in [3.05, 3.63) is 29.6 Å². The molecule has 0 radical (unpaired) electrons. The van der Waals surface area contributed by atoms with Gasteiger partial charge in [0.25, 0.3) is 0 Å². The standard InChI is InChI=1S/C14H21NO2/c1-3-4-13-9-14(16,7-8-17-13)12-6-5-11(2)15-10-12/h5-6,10,13,16H,3-4,7-9H2,1-2H3. The molecule has 0 aliphatic carbocycles. The third-order valence-electron chi connectivity index (χ3n) is 3.49. The number of aliphatic hydroxyl groups is 1. The summed E-state index contributed by atoms with van der Waals surface area (Å²) >= 11 is 0. The highest BCUT2D eigenvalue weighted by atomic mass is 16.5. The first-order valence-electron chi connectivity index (χ1n) is 6.41. The molecule has 17 heavy (non-hydrogen) atoms. The smallest absolute Gasteiger partial charge is 0.0958 e. The zero-order valence-corrected chi connectivity index (χ0v) is 10.6. The SMILES string of the molecule is CCCC1CC(O)(c2ccc(C)nc2)CCO1. The number of pyridine rings is 1. The highest BCUT2D eigenvalue weighted by molar-refractivity contribution is 5.21. The fourth-order valence-electron chi connectivity index (χ4n) is 2.44. The van der Waals surface area contributed by atoms with Crippen molar-refractivity contribution in [2.75, 3.05) is 6.61 Å². The topological polar surface area (TPSA) is 42.4 Å². The van der Waals surface area contributed by atoms with E-state index in [0.29, 0.717) is 19.4 Å². The molecule has 3 nitrogen and oxygen atoms in total. The van der Waals surface area contributed by atoms with Gasteiger partial charge in [0.05, 0.1) is 18.3 Å². The van der Waals surface area contributed by atoms with E-state index in [9.17, 15) is 5.11 Å². The van der Waals surface area contributed by atoms with Gasteiger partial charge in [-0.25, -0.2) is 0 Å². The van der Waals surface area contributed by atoms with Gasteiger partial charge in [0.2, 0.25) is 0 Å². The van der Waals surface area contributed by atoms with Crippen molar-refractivity contribution in [2.45, 2.75) is 51.2 Å². The summed E-state index contributed by atoms with van der Waals surface area (Å²) in [6, 6.07) is 3.94. The van der Waals surface area contributed by atoms with Crippen molar-refractivity contribution in [2.24, 2.45) is 0 Å². The minimum absolute atomic E-state index is 0.181. The molecule has 3 heteroatoms. The molecule has 0 amide bonds. The van der Waals surface area contributed by atoms with E-state index in [1.54, 1.807) is 6.20 Å². The lowest BCUT2D eigenvalue weighted by molar-refractivity contribution is -0.110. The van der Waals surface area contributed by atoms with Crippen LogP contribution in [0.3, 0.4) is 0 Å². The van der Waals surface area contributed by atoms with Crippen LogP contribution in [0.15, 0.2) is 18.3 Å². The summed E-state index contributed by atoms with van der Waals surface area (Å²) in [7, 11) is 0. The minimum atomic E-state index is -0.751. The van der Waals surface area contributed by atoms with Gasteiger partial charge >= 0.3 is 0 Å². The number of hydrogen-bond donors (Lipinski definition) is 1. The van der Waals surface area contributed by atoms with E-state index >= 15 is 0 Å². The van der Waals surface area contributed by atoms with Crippen molar-refractivity contribution < 1.29 is 9.84 Å². The molecule has 2 atom stereocenters. The van der Waals surface area contributed by atoms with Gasteiger partial charge in [0.15, 0.2) is 0 Å². The number of ether oxygens (including phenoxy) is 1. The van der Waals surface area contributed by atoms with E-state index in [4.69, 9.17) is 4.74 Å². The predicted octanol–water partition coefficient (Wildman–Crippen LogP) is 2.56. The summed E-state index contributed by atoms with van der Waals surface area (Å²) in [5, 5.41) is 10.7. The fourth-order valence-corrected chi connectivity index (χ4v) is 2.44. The molecule has 2 heterocycles. The monoisotopic (exact) mass is 235 g/mol. The van der Waals surface area contributed by atoms with Gasteiger partial charge in [-0.3, -0.25) is 4.98 Å².